The van der Waals surface area contributed by atoms with Crippen molar-refractivity contribution in [3.63, 3.8) is 0 Å². The van der Waals surface area contributed by atoms with E-state index in [1.165, 1.54) is 6.33 Å². The summed E-state index contributed by atoms with van der Waals surface area (Å²) in [5, 5.41) is 7.71. The highest BCUT2D eigenvalue weighted by molar-refractivity contribution is 7.15. The zero-order valence-corrected chi connectivity index (χ0v) is 22.3. The van der Waals surface area contributed by atoms with Crippen LogP contribution in [-0.2, 0) is 0 Å². The maximum Gasteiger partial charge on any atom is 0.264 e. The smallest absolute Gasteiger partial charge is 0.264 e. The molecule has 9 heteroatoms. The molecular weight excluding hydrogens is 496 g/mol. The molecule has 0 aliphatic heterocycles. The van der Waals surface area contributed by atoms with Crippen LogP contribution in [0.4, 0.5) is 5.82 Å². The fourth-order valence-corrected chi connectivity index (χ4v) is 6.00. The zero-order chi connectivity index (χ0) is 26.6. The monoisotopic (exact) mass is 522 g/mol. The van der Waals surface area contributed by atoms with E-state index in [2.05, 4.69) is 16.0 Å². The van der Waals surface area contributed by atoms with Gasteiger partial charge in [0.2, 0.25) is 0 Å². The number of rotatable bonds is 5. The number of aryl methyl sites for hydroxylation is 2. The molecule has 4 aromatic heterocycles. The number of anilines is 1. The van der Waals surface area contributed by atoms with E-state index < -0.39 is 0 Å². The average Bonchev–Trinajstić information content (AvgIpc) is 3.50. The molecular formula is C29H26N6O2S. The van der Waals surface area contributed by atoms with E-state index in [1.54, 1.807) is 22.8 Å². The lowest BCUT2D eigenvalue weighted by Gasteiger charge is -2.18. The predicted molar refractivity (Wildman–Crippen MR) is 152 cm³/mol. The lowest BCUT2D eigenvalue weighted by molar-refractivity contribution is 0.412. The SMILES string of the molecule is COc1ccc(-c2nn([C@@H](C)c3cc4scc(C)n4c(=O)c3-c3ccccc3)c3ncnc(N)c23)cc1C. The van der Waals surface area contributed by atoms with Crippen LogP contribution in [0, 0.1) is 13.8 Å². The van der Waals surface area contributed by atoms with Gasteiger partial charge in [-0.3, -0.25) is 9.20 Å². The number of hydrogen-bond donors (Lipinski definition) is 1. The molecule has 0 saturated carbocycles. The molecule has 6 aromatic rings. The van der Waals surface area contributed by atoms with Gasteiger partial charge in [-0.25, -0.2) is 14.6 Å². The normalized spacial score (nSPS) is 12.3. The Bertz CT molecular complexity index is 1890. The second kappa shape index (κ2) is 9.11. The Balaban J connectivity index is 1.62. The molecule has 0 saturated heterocycles. The largest absolute Gasteiger partial charge is 0.496 e. The van der Waals surface area contributed by atoms with Gasteiger partial charge in [-0.2, -0.15) is 5.10 Å². The number of fused-ring (bicyclic) bond motifs is 2. The van der Waals surface area contributed by atoms with Crippen LogP contribution in [0.5, 0.6) is 5.75 Å². The second-order valence-electron chi connectivity index (χ2n) is 9.31. The van der Waals surface area contributed by atoms with Crippen molar-refractivity contribution in [3.8, 4) is 28.1 Å². The van der Waals surface area contributed by atoms with Gasteiger partial charge < -0.3 is 10.5 Å². The standard InChI is InChI=1S/C29H26N6O2S/c1-16-12-20(10-11-22(16)37-4)26-25-27(30)31-15-32-28(25)35(33-26)18(3)21-13-23-34(17(2)14-38-23)29(36)24(21)19-8-6-5-7-9-19/h5-15,18H,1-4H3,(H2,30,31,32)/t18-/m0/s1. The minimum absolute atomic E-state index is 0.0501. The number of pyridine rings is 1. The minimum Gasteiger partial charge on any atom is -0.496 e. The highest BCUT2D eigenvalue weighted by atomic mass is 32.1. The molecule has 0 aliphatic rings. The van der Waals surface area contributed by atoms with Crippen LogP contribution in [0.3, 0.4) is 0 Å². The summed E-state index contributed by atoms with van der Waals surface area (Å²) < 4.78 is 9.07. The van der Waals surface area contributed by atoms with Crippen LogP contribution in [0.25, 0.3) is 38.2 Å². The molecule has 0 aliphatic carbocycles. The van der Waals surface area contributed by atoms with Gasteiger partial charge in [0.05, 0.1) is 24.1 Å². The molecule has 1 atom stereocenters. The van der Waals surface area contributed by atoms with E-state index >= 15 is 0 Å². The van der Waals surface area contributed by atoms with E-state index in [-0.39, 0.29) is 11.6 Å². The highest BCUT2D eigenvalue weighted by Crippen LogP contribution is 2.37. The van der Waals surface area contributed by atoms with E-state index in [9.17, 15) is 4.79 Å². The third-order valence-corrected chi connectivity index (χ3v) is 7.97. The number of hydrogen-bond acceptors (Lipinski definition) is 7. The molecule has 0 fully saturated rings. The van der Waals surface area contributed by atoms with Crippen LogP contribution >= 0.6 is 11.3 Å². The van der Waals surface area contributed by atoms with Crippen molar-refractivity contribution in [1.82, 2.24) is 24.1 Å². The Morgan fingerprint density at radius 3 is 2.55 bits per heavy atom. The predicted octanol–water partition coefficient (Wildman–Crippen LogP) is 5.65. The summed E-state index contributed by atoms with van der Waals surface area (Å²) in [4.78, 5) is 23.6. The van der Waals surface area contributed by atoms with Gasteiger partial charge in [-0.05, 0) is 61.7 Å². The van der Waals surface area contributed by atoms with Crippen LogP contribution in [-0.4, -0.2) is 31.3 Å². The first kappa shape index (κ1) is 23.9. The lowest BCUT2D eigenvalue weighted by atomic mass is 9.97. The zero-order valence-electron chi connectivity index (χ0n) is 21.5. The summed E-state index contributed by atoms with van der Waals surface area (Å²) >= 11 is 1.55. The van der Waals surface area contributed by atoms with Crippen molar-refractivity contribution < 1.29 is 4.74 Å². The third kappa shape index (κ3) is 3.66. The third-order valence-electron chi connectivity index (χ3n) is 6.97. The summed E-state index contributed by atoms with van der Waals surface area (Å²) in [5.74, 6) is 1.15. The minimum atomic E-state index is -0.324. The van der Waals surface area contributed by atoms with Gasteiger partial charge in [0.25, 0.3) is 5.56 Å². The summed E-state index contributed by atoms with van der Waals surface area (Å²) in [7, 11) is 1.65. The van der Waals surface area contributed by atoms with Gasteiger partial charge in [-0.15, -0.1) is 11.3 Å². The lowest BCUT2D eigenvalue weighted by Crippen LogP contribution is -2.21. The molecule has 0 amide bonds. The van der Waals surface area contributed by atoms with E-state index in [0.29, 0.717) is 28.1 Å². The van der Waals surface area contributed by atoms with Crippen molar-refractivity contribution in [1.29, 1.82) is 0 Å². The average molecular weight is 523 g/mol. The molecule has 4 heterocycles. The number of benzene rings is 2. The summed E-state index contributed by atoms with van der Waals surface area (Å²) in [6.07, 6.45) is 1.45. The summed E-state index contributed by atoms with van der Waals surface area (Å²) in [6.45, 7) is 5.97. The van der Waals surface area contributed by atoms with Crippen molar-refractivity contribution in [2.45, 2.75) is 26.8 Å². The fourth-order valence-electron chi connectivity index (χ4n) is 5.07. The highest BCUT2D eigenvalue weighted by Gasteiger charge is 2.25. The topological polar surface area (TPSA) is 100 Å². The number of methoxy groups -OCH3 is 1. The van der Waals surface area contributed by atoms with Crippen LogP contribution in [0.2, 0.25) is 0 Å². The fraction of sp³-hybridized carbons (Fsp3) is 0.172. The Hall–Kier alpha value is -4.50. The van der Waals surface area contributed by atoms with Crippen molar-refractivity contribution in [2.24, 2.45) is 0 Å². The molecule has 38 heavy (non-hydrogen) atoms. The first-order valence-electron chi connectivity index (χ1n) is 12.2. The first-order chi connectivity index (χ1) is 18.4. The maximum absolute atomic E-state index is 13.9. The molecule has 8 nitrogen and oxygen atoms in total. The molecule has 2 aromatic carbocycles. The van der Waals surface area contributed by atoms with E-state index in [4.69, 9.17) is 15.6 Å². The van der Waals surface area contributed by atoms with Crippen LogP contribution < -0.4 is 16.0 Å². The molecule has 0 unspecified atom stereocenters. The molecule has 190 valence electrons. The second-order valence-corrected chi connectivity index (χ2v) is 10.2. The number of ether oxygens (including phenoxy) is 1. The van der Waals surface area contributed by atoms with E-state index in [1.807, 2.05) is 79.4 Å². The van der Waals surface area contributed by atoms with Crippen LogP contribution in [0.15, 0.2) is 71.1 Å². The summed E-state index contributed by atoms with van der Waals surface area (Å²) in [6, 6.07) is 17.4. The van der Waals surface area contributed by atoms with Gasteiger partial charge in [0, 0.05) is 16.6 Å². The van der Waals surface area contributed by atoms with Gasteiger partial charge >= 0.3 is 0 Å². The number of nitrogens with zero attached hydrogens (tertiary/aromatic N) is 5. The Morgan fingerprint density at radius 2 is 1.82 bits per heavy atom. The maximum atomic E-state index is 13.9. The molecule has 0 radical (unpaired) electrons. The number of aromatic nitrogens is 5. The van der Waals surface area contributed by atoms with Crippen molar-refractivity contribution >= 4 is 33.0 Å². The van der Waals surface area contributed by atoms with Gasteiger partial charge in [0.15, 0.2) is 5.65 Å². The van der Waals surface area contributed by atoms with Crippen molar-refractivity contribution in [2.75, 3.05) is 12.8 Å². The van der Waals surface area contributed by atoms with Crippen molar-refractivity contribution in [3.05, 3.63) is 93.5 Å². The number of nitrogens with two attached hydrogens (primary N) is 1. The molecule has 2 N–H and O–H groups in total. The van der Waals surface area contributed by atoms with E-state index in [0.717, 1.165) is 38.5 Å². The van der Waals surface area contributed by atoms with Gasteiger partial charge in [0.1, 0.15) is 28.4 Å². The number of thiazole rings is 1. The Kier molecular flexibility index (Phi) is 5.72. The molecule has 0 bridgehead atoms. The summed E-state index contributed by atoms with van der Waals surface area (Å²) in [5.41, 5.74) is 12.8. The quantitative estimate of drug-likeness (QED) is 0.314. The number of nitrogen functional groups attached to an aromatic ring is 1. The molecule has 0 spiro atoms. The first-order valence-corrected chi connectivity index (χ1v) is 13.1. The van der Waals surface area contributed by atoms with Gasteiger partial charge in [-0.1, -0.05) is 30.3 Å². The Labute approximate surface area is 223 Å². The van der Waals surface area contributed by atoms with Crippen LogP contribution in [0.1, 0.15) is 29.8 Å². The Morgan fingerprint density at radius 1 is 1.03 bits per heavy atom. The molecule has 6 rings (SSSR count).